The first-order chi connectivity index (χ1) is 12.4. The van der Waals surface area contributed by atoms with Crippen molar-refractivity contribution in [1.82, 2.24) is 14.5 Å². The van der Waals surface area contributed by atoms with Gasteiger partial charge in [0.2, 0.25) is 0 Å². The Bertz CT molecular complexity index is 962. The summed E-state index contributed by atoms with van der Waals surface area (Å²) in [5.74, 6) is 0. The number of piperazine rings is 1. The van der Waals surface area contributed by atoms with Crippen LogP contribution in [0.15, 0.2) is 23.0 Å². The summed E-state index contributed by atoms with van der Waals surface area (Å²) in [6.07, 6.45) is -0.253. The molecule has 136 valence electrons. The topological polar surface area (TPSA) is 102 Å². The molecule has 2 atom stereocenters. The fourth-order valence-electron chi connectivity index (χ4n) is 3.55. The Hall–Kier alpha value is -3.08. The number of hydrogen-bond donors (Lipinski definition) is 1. The number of hydrogen-bond acceptors (Lipinski definition) is 5. The van der Waals surface area contributed by atoms with E-state index in [9.17, 15) is 20.0 Å². The Morgan fingerprint density at radius 1 is 1.42 bits per heavy atom. The highest BCUT2D eigenvalue weighted by molar-refractivity contribution is 5.89. The van der Waals surface area contributed by atoms with E-state index in [-0.39, 0.29) is 23.3 Å². The second-order valence-electron chi connectivity index (χ2n) is 6.60. The second-order valence-corrected chi connectivity index (χ2v) is 6.60. The van der Waals surface area contributed by atoms with Crippen LogP contribution in [0.1, 0.15) is 26.0 Å². The summed E-state index contributed by atoms with van der Waals surface area (Å²) in [4.78, 5) is 31.8. The molecule has 1 saturated heterocycles. The third kappa shape index (κ3) is 2.86. The highest BCUT2D eigenvalue weighted by Crippen LogP contribution is 2.29. The standard InChI is InChI=1S/C18H21N5O3/c1-4-13-10-22(11(2)9-23(13)18(25)26)15-7-16(24)21(3)14-6-5-12(8-19)20-17(14)15/h5-7,11,13H,4,9-10H2,1-3H3,(H,25,26)/t11-,13+/m0/s1. The van der Waals surface area contributed by atoms with Crippen molar-refractivity contribution in [2.45, 2.75) is 32.4 Å². The first-order valence-electron chi connectivity index (χ1n) is 8.54. The second kappa shape index (κ2) is 6.67. The lowest BCUT2D eigenvalue weighted by Gasteiger charge is -2.45. The molecule has 0 aliphatic carbocycles. The number of aromatic nitrogens is 2. The Morgan fingerprint density at radius 2 is 2.15 bits per heavy atom. The van der Waals surface area contributed by atoms with E-state index in [0.717, 1.165) is 0 Å². The smallest absolute Gasteiger partial charge is 0.407 e. The number of amides is 1. The van der Waals surface area contributed by atoms with Gasteiger partial charge in [0, 0.05) is 32.2 Å². The van der Waals surface area contributed by atoms with Crippen LogP contribution in [0, 0.1) is 11.3 Å². The first kappa shape index (κ1) is 17.7. The van der Waals surface area contributed by atoms with E-state index in [0.29, 0.717) is 36.2 Å². The van der Waals surface area contributed by atoms with Gasteiger partial charge < -0.3 is 19.5 Å². The maximum Gasteiger partial charge on any atom is 0.407 e. The molecular formula is C18H21N5O3. The van der Waals surface area contributed by atoms with Gasteiger partial charge in [-0.3, -0.25) is 4.79 Å². The van der Waals surface area contributed by atoms with Crippen LogP contribution in [-0.2, 0) is 7.05 Å². The van der Waals surface area contributed by atoms with Crippen molar-refractivity contribution in [2.75, 3.05) is 18.0 Å². The lowest BCUT2D eigenvalue weighted by molar-refractivity contribution is 0.108. The number of nitrogens with zero attached hydrogens (tertiary/aromatic N) is 5. The maximum absolute atomic E-state index is 12.4. The Morgan fingerprint density at radius 3 is 2.77 bits per heavy atom. The zero-order valence-corrected chi connectivity index (χ0v) is 15.0. The Labute approximate surface area is 150 Å². The highest BCUT2D eigenvalue weighted by Gasteiger charge is 2.34. The predicted molar refractivity (Wildman–Crippen MR) is 97.3 cm³/mol. The number of anilines is 1. The van der Waals surface area contributed by atoms with Crippen LogP contribution in [0.3, 0.4) is 0 Å². The largest absolute Gasteiger partial charge is 0.465 e. The molecule has 1 amide bonds. The molecule has 26 heavy (non-hydrogen) atoms. The van der Waals surface area contributed by atoms with E-state index >= 15 is 0 Å². The van der Waals surface area contributed by atoms with Gasteiger partial charge in [-0.1, -0.05) is 6.92 Å². The van der Waals surface area contributed by atoms with E-state index < -0.39 is 6.09 Å². The van der Waals surface area contributed by atoms with Crippen LogP contribution in [0.5, 0.6) is 0 Å². The quantitative estimate of drug-likeness (QED) is 0.881. The van der Waals surface area contributed by atoms with Gasteiger partial charge in [0.15, 0.2) is 0 Å². The third-order valence-corrected chi connectivity index (χ3v) is 5.05. The lowest BCUT2D eigenvalue weighted by atomic mass is 10.0. The molecule has 0 saturated carbocycles. The minimum Gasteiger partial charge on any atom is -0.465 e. The average molecular weight is 355 g/mol. The lowest BCUT2D eigenvalue weighted by Crippen LogP contribution is -2.59. The van der Waals surface area contributed by atoms with Crippen molar-refractivity contribution in [3.8, 4) is 6.07 Å². The van der Waals surface area contributed by atoms with Crippen molar-refractivity contribution in [2.24, 2.45) is 7.05 Å². The highest BCUT2D eigenvalue weighted by atomic mass is 16.4. The molecule has 8 heteroatoms. The molecule has 0 aromatic carbocycles. The number of nitriles is 1. The van der Waals surface area contributed by atoms with Crippen LogP contribution >= 0.6 is 0 Å². The summed E-state index contributed by atoms with van der Waals surface area (Å²) in [6, 6.07) is 6.59. The third-order valence-electron chi connectivity index (χ3n) is 5.05. The van der Waals surface area contributed by atoms with Crippen molar-refractivity contribution in [3.05, 3.63) is 34.2 Å². The van der Waals surface area contributed by atoms with Gasteiger partial charge in [-0.2, -0.15) is 5.26 Å². The van der Waals surface area contributed by atoms with E-state index in [1.807, 2.05) is 24.8 Å². The molecule has 8 nitrogen and oxygen atoms in total. The molecule has 0 unspecified atom stereocenters. The van der Waals surface area contributed by atoms with Gasteiger partial charge in [-0.15, -0.1) is 0 Å². The minimum absolute atomic E-state index is 0.114. The van der Waals surface area contributed by atoms with Gasteiger partial charge >= 0.3 is 6.09 Å². The van der Waals surface area contributed by atoms with Crippen LogP contribution < -0.4 is 10.5 Å². The monoisotopic (exact) mass is 355 g/mol. The Balaban J connectivity index is 2.15. The fraction of sp³-hybridized carbons (Fsp3) is 0.444. The van der Waals surface area contributed by atoms with Crippen LogP contribution in [-0.4, -0.2) is 50.8 Å². The van der Waals surface area contributed by atoms with Gasteiger partial charge in [0.1, 0.15) is 17.3 Å². The van der Waals surface area contributed by atoms with Crippen LogP contribution in [0.25, 0.3) is 11.0 Å². The minimum atomic E-state index is -0.929. The molecule has 1 N–H and O–H groups in total. The predicted octanol–water partition coefficient (Wildman–Crippen LogP) is 1.77. The van der Waals surface area contributed by atoms with Gasteiger partial charge in [-0.25, -0.2) is 9.78 Å². The average Bonchev–Trinajstić information content (AvgIpc) is 2.64. The molecule has 1 aliphatic heterocycles. The zero-order valence-electron chi connectivity index (χ0n) is 15.0. The van der Waals surface area contributed by atoms with Gasteiger partial charge in [-0.05, 0) is 25.5 Å². The number of aryl methyl sites for hydroxylation is 1. The fourth-order valence-corrected chi connectivity index (χ4v) is 3.55. The van der Waals surface area contributed by atoms with E-state index in [1.165, 1.54) is 15.5 Å². The molecular weight excluding hydrogens is 334 g/mol. The SMILES string of the molecule is CC[C@@H]1CN(c2cc(=O)n(C)c3ccc(C#N)nc23)[C@@H](C)CN1C(=O)O. The normalized spacial score (nSPS) is 20.2. The summed E-state index contributed by atoms with van der Waals surface area (Å²) in [5, 5.41) is 18.6. The molecule has 0 radical (unpaired) electrons. The summed E-state index contributed by atoms with van der Waals surface area (Å²) in [6.45, 7) is 4.70. The van der Waals surface area contributed by atoms with E-state index in [4.69, 9.17) is 0 Å². The Kier molecular flexibility index (Phi) is 4.55. The summed E-state index contributed by atoms with van der Waals surface area (Å²) >= 11 is 0. The first-order valence-corrected chi connectivity index (χ1v) is 8.54. The summed E-state index contributed by atoms with van der Waals surface area (Å²) < 4.78 is 1.50. The van der Waals surface area contributed by atoms with E-state index in [1.54, 1.807) is 19.2 Å². The van der Waals surface area contributed by atoms with Crippen molar-refractivity contribution in [1.29, 1.82) is 5.26 Å². The molecule has 1 fully saturated rings. The number of rotatable bonds is 2. The van der Waals surface area contributed by atoms with Gasteiger partial charge in [0.05, 0.1) is 17.2 Å². The van der Waals surface area contributed by atoms with Gasteiger partial charge in [0.25, 0.3) is 5.56 Å². The zero-order chi connectivity index (χ0) is 19.0. The molecule has 0 spiro atoms. The van der Waals surface area contributed by atoms with Crippen molar-refractivity contribution in [3.63, 3.8) is 0 Å². The maximum atomic E-state index is 12.4. The number of carbonyl (C=O) groups is 1. The van der Waals surface area contributed by atoms with Crippen molar-refractivity contribution < 1.29 is 9.90 Å². The van der Waals surface area contributed by atoms with Crippen LogP contribution in [0.4, 0.5) is 10.5 Å². The number of carboxylic acid groups (broad SMARTS) is 1. The molecule has 2 aromatic rings. The van der Waals surface area contributed by atoms with Crippen molar-refractivity contribution >= 4 is 22.8 Å². The molecule has 1 aliphatic rings. The van der Waals surface area contributed by atoms with Crippen LogP contribution in [0.2, 0.25) is 0 Å². The summed E-state index contributed by atoms with van der Waals surface area (Å²) in [5.41, 5.74) is 1.99. The summed E-state index contributed by atoms with van der Waals surface area (Å²) in [7, 11) is 1.67. The molecule has 3 rings (SSSR count). The van der Waals surface area contributed by atoms with E-state index in [2.05, 4.69) is 4.98 Å². The molecule has 0 bridgehead atoms. The molecule has 2 aromatic heterocycles. The number of fused-ring (bicyclic) bond motifs is 1. The number of pyridine rings is 2. The molecule has 3 heterocycles.